The number of hydrogen-bond acceptors (Lipinski definition) is 3. The van der Waals surface area contributed by atoms with Crippen molar-refractivity contribution in [2.45, 2.75) is 39.2 Å². The Kier molecular flexibility index (Phi) is 3.77. The SMILES string of the molecule is COC(=O)C(C)(C)C(C1CCC1)N(C)C. The Bertz CT molecular complexity index is 232. The summed E-state index contributed by atoms with van der Waals surface area (Å²) in [5.74, 6) is 0.544. The molecule has 0 aromatic carbocycles. The van der Waals surface area contributed by atoms with Crippen LogP contribution in [-0.2, 0) is 9.53 Å². The third kappa shape index (κ3) is 2.33. The van der Waals surface area contributed by atoms with E-state index in [-0.39, 0.29) is 5.97 Å². The Morgan fingerprint density at radius 2 is 1.93 bits per heavy atom. The van der Waals surface area contributed by atoms with Gasteiger partial charge in [-0.25, -0.2) is 0 Å². The highest BCUT2D eigenvalue weighted by Gasteiger charge is 2.45. The first-order valence-electron chi connectivity index (χ1n) is 5.66. The van der Waals surface area contributed by atoms with Crippen LogP contribution in [0.5, 0.6) is 0 Å². The molecule has 1 unspecified atom stereocenters. The molecule has 15 heavy (non-hydrogen) atoms. The first kappa shape index (κ1) is 12.5. The average molecular weight is 213 g/mol. The molecule has 3 nitrogen and oxygen atoms in total. The summed E-state index contributed by atoms with van der Waals surface area (Å²) >= 11 is 0. The molecule has 0 aromatic rings. The summed E-state index contributed by atoms with van der Waals surface area (Å²) in [6.07, 6.45) is 3.78. The number of ether oxygens (including phenoxy) is 1. The summed E-state index contributed by atoms with van der Waals surface area (Å²) in [5, 5.41) is 0. The van der Waals surface area contributed by atoms with E-state index in [0.717, 1.165) is 0 Å². The van der Waals surface area contributed by atoms with Gasteiger partial charge in [-0.05, 0) is 46.7 Å². The lowest BCUT2D eigenvalue weighted by Gasteiger charge is -2.45. The summed E-state index contributed by atoms with van der Waals surface area (Å²) < 4.78 is 4.90. The van der Waals surface area contributed by atoms with Gasteiger partial charge in [-0.2, -0.15) is 0 Å². The molecule has 1 saturated carbocycles. The Balaban J connectivity index is 2.81. The summed E-state index contributed by atoms with van der Waals surface area (Å²) in [7, 11) is 5.57. The zero-order chi connectivity index (χ0) is 11.6. The summed E-state index contributed by atoms with van der Waals surface area (Å²) in [6.45, 7) is 3.98. The van der Waals surface area contributed by atoms with Crippen LogP contribution < -0.4 is 0 Å². The van der Waals surface area contributed by atoms with Crippen LogP contribution in [0, 0.1) is 11.3 Å². The maximum absolute atomic E-state index is 11.8. The van der Waals surface area contributed by atoms with Crippen molar-refractivity contribution in [3.05, 3.63) is 0 Å². The molecule has 0 aromatic heterocycles. The molecule has 0 radical (unpaired) electrons. The monoisotopic (exact) mass is 213 g/mol. The summed E-state index contributed by atoms with van der Waals surface area (Å²) in [4.78, 5) is 13.9. The normalized spacial score (nSPS) is 19.9. The molecule has 0 N–H and O–H groups in total. The van der Waals surface area contributed by atoms with Crippen molar-refractivity contribution in [2.24, 2.45) is 11.3 Å². The van der Waals surface area contributed by atoms with Gasteiger partial charge in [0.25, 0.3) is 0 Å². The van der Waals surface area contributed by atoms with Crippen molar-refractivity contribution in [3.8, 4) is 0 Å². The fraction of sp³-hybridized carbons (Fsp3) is 0.917. The van der Waals surface area contributed by atoms with Crippen LogP contribution in [0.15, 0.2) is 0 Å². The highest BCUT2D eigenvalue weighted by atomic mass is 16.5. The number of methoxy groups -OCH3 is 1. The number of rotatable bonds is 4. The number of carbonyl (C=O) groups excluding carboxylic acids is 1. The largest absolute Gasteiger partial charge is 0.469 e. The lowest BCUT2D eigenvalue weighted by Crippen LogP contribution is -2.52. The zero-order valence-corrected chi connectivity index (χ0v) is 10.5. The Morgan fingerprint density at radius 1 is 1.40 bits per heavy atom. The first-order valence-corrected chi connectivity index (χ1v) is 5.66. The fourth-order valence-corrected chi connectivity index (χ4v) is 2.80. The van der Waals surface area contributed by atoms with E-state index in [9.17, 15) is 4.79 Å². The van der Waals surface area contributed by atoms with Crippen LogP contribution in [0.25, 0.3) is 0 Å². The third-order valence-corrected chi connectivity index (χ3v) is 3.60. The van der Waals surface area contributed by atoms with Gasteiger partial charge in [0.15, 0.2) is 0 Å². The number of carbonyl (C=O) groups is 1. The molecule has 1 aliphatic carbocycles. The van der Waals surface area contributed by atoms with Gasteiger partial charge in [-0.3, -0.25) is 4.79 Å². The third-order valence-electron chi connectivity index (χ3n) is 3.60. The van der Waals surface area contributed by atoms with E-state index < -0.39 is 5.41 Å². The van der Waals surface area contributed by atoms with E-state index in [0.29, 0.717) is 12.0 Å². The predicted octanol–water partition coefficient (Wildman–Crippen LogP) is 1.92. The van der Waals surface area contributed by atoms with E-state index in [1.165, 1.54) is 26.4 Å². The molecule has 1 fully saturated rings. The molecular weight excluding hydrogens is 190 g/mol. The van der Waals surface area contributed by atoms with E-state index >= 15 is 0 Å². The minimum atomic E-state index is -0.413. The van der Waals surface area contributed by atoms with Crippen molar-refractivity contribution >= 4 is 5.97 Å². The maximum Gasteiger partial charge on any atom is 0.312 e. The quantitative estimate of drug-likeness (QED) is 0.668. The Morgan fingerprint density at radius 3 is 2.20 bits per heavy atom. The standard InChI is InChI=1S/C12H23NO2/c1-12(2,11(14)15-5)10(13(3)4)9-7-6-8-9/h9-10H,6-8H2,1-5H3. The number of esters is 1. The molecule has 0 spiro atoms. The van der Waals surface area contributed by atoms with Crippen molar-refractivity contribution in [3.63, 3.8) is 0 Å². The second kappa shape index (κ2) is 4.52. The highest BCUT2D eigenvalue weighted by Crippen LogP contribution is 2.40. The van der Waals surface area contributed by atoms with Gasteiger partial charge in [0.1, 0.15) is 0 Å². The predicted molar refractivity (Wildman–Crippen MR) is 60.6 cm³/mol. The molecular formula is C12H23NO2. The molecule has 0 heterocycles. The molecule has 1 aliphatic rings. The second-order valence-electron chi connectivity index (χ2n) is 5.31. The van der Waals surface area contributed by atoms with Crippen LogP contribution in [0.3, 0.4) is 0 Å². The molecule has 3 heteroatoms. The van der Waals surface area contributed by atoms with Gasteiger partial charge in [-0.15, -0.1) is 0 Å². The van der Waals surface area contributed by atoms with Gasteiger partial charge in [0, 0.05) is 6.04 Å². The van der Waals surface area contributed by atoms with Crippen molar-refractivity contribution in [1.82, 2.24) is 4.90 Å². The van der Waals surface area contributed by atoms with Gasteiger partial charge in [0.2, 0.25) is 0 Å². The van der Waals surface area contributed by atoms with Crippen LogP contribution >= 0.6 is 0 Å². The lowest BCUT2D eigenvalue weighted by atomic mass is 9.68. The van der Waals surface area contributed by atoms with Gasteiger partial charge in [0.05, 0.1) is 12.5 Å². The minimum Gasteiger partial charge on any atom is -0.469 e. The van der Waals surface area contributed by atoms with Crippen LogP contribution in [0.1, 0.15) is 33.1 Å². The molecule has 1 rings (SSSR count). The van der Waals surface area contributed by atoms with Gasteiger partial charge >= 0.3 is 5.97 Å². The first-order chi connectivity index (χ1) is 6.91. The summed E-state index contributed by atoms with van der Waals surface area (Å²) in [6, 6.07) is 0.290. The topological polar surface area (TPSA) is 29.5 Å². The summed E-state index contributed by atoms with van der Waals surface area (Å²) in [5.41, 5.74) is -0.413. The van der Waals surface area contributed by atoms with Gasteiger partial charge in [-0.1, -0.05) is 6.42 Å². The molecule has 88 valence electrons. The van der Waals surface area contributed by atoms with Gasteiger partial charge < -0.3 is 9.64 Å². The van der Waals surface area contributed by atoms with E-state index in [1.54, 1.807) is 0 Å². The Hall–Kier alpha value is -0.570. The molecule has 0 saturated heterocycles. The average Bonchev–Trinajstić information content (AvgIpc) is 2.08. The van der Waals surface area contributed by atoms with E-state index in [1.807, 2.05) is 27.9 Å². The lowest BCUT2D eigenvalue weighted by molar-refractivity contribution is -0.156. The van der Waals surface area contributed by atoms with Crippen molar-refractivity contribution in [2.75, 3.05) is 21.2 Å². The minimum absolute atomic E-state index is 0.104. The smallest absolute Gasteiger partial charge is 0.312 e. The maximum atomic E-state index is 11.8. The molecule has 0 bridgehead atoms. The van der Waals surface area contributed by atoms with E-state index in [2.05, 4.69) is 4.90 Å². The van der Waals surface area contributed by atoms with E-state index in [4.69, 9.17) is 4.74 Å². The number of hydrogen-bond donors (Lipinski definition) is 0. The van der Waals surface area contributed by atoms with Crippen molar-refractivity contribution < 1.29 is 9.53 Å². The molecule has 0 aliphatic heterocycles. The molecule has 0 amide bonds. The highest BCUT2D eigenvalue weighted by molar-refractivity contribution is 5.76. The number of nitrogens with zero attached hydrogens (tertiary/aromatic N) is 1. The van der Waals surface area contributed by atoms with Crippen LogP contribution in [-0.4, -0.2) is 38.1 Å². The fourth-order valence-electron chi connectivity index (χ4n) is 2.80. The zero-order valence-electron chi connectivity index (χ0n) is 10.5. The van der Waals surface area contributed by atoms with Crippen LogP contribution in [0.4, 0.5) is 0 Å². The van der Waals surface area contributed by atoms with Crippen molar-refractivity contribution in [1.29, 1.82) is 0 Å². The molecule has 1 atom stereocenters. The van der Waals surface area contributed by atoms with Crippen LogP contribution in [0.2, 0.25) is 0 Å². The second-order valence-corrected chi connectivity index (χ2v) is 5.31. The Labute approximate surface area is 92.8 Å².